The van der Waals surface area contributed by atoms with Crippen LogP contribution in [0.2, 0.25) is 0 Å². The lowest BCUT2D eigenvalue weighted by molar-refractivity contribution is 0.383. The van der Waals surface area contributed by atoms with E-state index in [0.717, 1.165) is 28.7 Å². The maximum atomic E-state index is 6.51. The summed E-state index contributed by atoms with van der Waals surface area (Å²) in [4.78, 5) is 4.39. The van der Waals surface area contributed by atoms with Crippen LogP contribution in [-0.4, -0.2) is 4.98 Å². The summed E-state index contributed by atoms with van der Waals surface area (Å²) in [5.74, 6) is 0. The van der Waals surface area contributed by atoms with E-state index in [1.54, 1.807) is 11.3 Å². The first-order valence-corrected chi connectivity index (χ1v) is 7.31. The van der Waals surface area contributed by atoms with Crippen molar-refractivity contribution in [2.45, 2.75) is 24.8 Å². The fraction of sp³-hybridized carbons (Fsp3) is 0.308. The molecule has 1 aliphatic rings. The van der Waals surface area contributed by atoms with Crippen molar-refractivity contribution in [2.75, 3.05) is 0 Å². The first kappa shape index (κ1) is 11.4. The number of fused-ring (bicyclic) bond motifs is 1. The molecule has 2 aromatic rings. The lowest BCUT2D eigenvalue weighted by atomic mass is 9.79. The molecule has 1 aromatic carbocycles. The molecule has 2 nitrogen and oxygen atoms in total. The Morgan fingerprint density at radius 3 is 3.00 bits per heavy atom. The Labute approximate surface area is 113 Å². The van der Waals surface area contributed by atoms with Gasteiger partial charge in [-0.05, 0) is 42.5 Å². The van der Waals surface area contributed by atoms with E-state index in [1.807, 2.05) is 11.6 Å². The van der Waals surface area contributed by atoms with Crippen LogP contribution in [0.3, 0.4) is 0 Å². The van der Waals surface area contributed by atoms with Gasteiger partial charge in [0.15, 0.2) is 0 Å². The van der Waals surface area contributed by atoms with Crippen LogP contribution in [0, 0.1) is 0 Å². The number of nitrogens with two attached hydrogens (primary N) is 1. The van der Waals surface area contributed by atoms with Crippen molar-refractivity contribution < 1.29 is 0 Å². The maximum Gasteiger partial charge on any atom is 0.113 e. The standard InChI is InChI=1S/C13H13BrN2S/c14-11-2-1-10-8-13(15,4-3-9(10)7-11)12-16-5-6-17-12/h1-2,5-7H,3-4,8,15H2. The second-order valence-electron chi connectivity index (χ2n) is 4.58. The van der Waals surface area contributed by atoms with Gasteiger partial charge < -0.3 is 5.73 Å². The summed E-state index contributed by atoms with van der Waals surface area (Å²) >= 11 is 5.18. The molecule has 0 amide bonds. The average Bonchev–Trinajstić information content (AvgIpc) is 2.84. The Kier molecular flexibility index (Phi) is 2.81. The van der Waals surface area contributed by atoms with Crippen LogP contribution < -0.4 is 5.73 Å². The normalized spacial score (nSPS) is 23.4. The minimum atomic E-state index is -0.269. The topological polar surface area (TPSA) is 38.9 Å². The van der Waals surface area contributed by atoms with Gasteiger partial charge in [-0.3, -0.25) is 0 Å². The molecule has 88 valence electrons. The monoisotopic (exact) mass is 308 g/mol. The minimum absolute atomic E-state index is 0.269. The number of hydrogen-bond donors (Lipinski definition) is 1. The van der Waals surface area contributed by atoms with Crippen LogP contribution in [0.25, 0.3) is 0 Å². The molecule has 0 radical (unpaired) electrons. The Hall–Kier alpha value is -0.710. The van der Waals surface area contributed by atoms with Gasteiger partial charge in [0.05, 0.1) is 5.54 Å². The van der Waals surface area contributed by atoms with Crippen LogP contribution in [0.5, 0.6) is 0 Å². The van der Waals surface area contributed by atoms with E-state index in [4.69, 9.17) is 5.73 Å². The molecule has 2 N–H and O–H groups in total. The van der Waals surface area contributed by atoms with Crippen molar-refractivity contribution in [1.29, 1.82) is 0 Å². The molecule has 3 rings (SSSR count). The fourth-order valence-electron chi connectivity index (χ4n) is 2.44. The van der Waals surface area contributed by atoms with E-state index in [0.29, 0.717) is 0 Å². The third kappa shape index (κ3) is 2.05. The summed E-state index contributed by atoms with van der Waals surface area (Å²) < 4.78 is 1.15. The molecule has 4 heteroatoms. The van der Waals surface area contributed by atoms with E-state index >= 15 is 0 Å². The summed E-state index contributed by atoms with van der Waals surface area (Å²) in [5, 5.41) is 3.06. The second kappa shape index (κ2) is 4.19. The molecular weight excluding hydrogens is 296 g/mol. The third-order valence-electron chi connectivity index (χ3n) is 3.37. The summed E-state index contributed by atoms with van der Waals surface area (Å²) in [6.07, 6.45) is 4.74. The van der Waals surface area contributed by atoms with Gasteiger partial charge in [0.1, 0.15) is 5.01 Å². The molecule has 0 aliphatic heterocycles. The van der Waals surface area contributed by atoms with Crippen LogP contribution in [0.4, 0.5) is 0 Å². The molecule has 0 saturated heterocycles. The highest BCUT2D eigenvalue weighted by atomic mass is 79.9. The van der Waals surface area contributed by atoms with E-state index in [1.165, 1.54) is 11.1 Å². The van der Waals surface area contributed by atoms with Crippen molar-refractivity contribution in [3.8, 4) is 0 Å². The lowest BCUT2D eigenvalue weighted by Crippen LogP contribution is -2.42. The lowest BCUT2D eigenvalue weighted by Gasteiger charge is -2.33. The van der Waals surface area contributed by atoms with Gasteiger partial charge in [0.2, 0.25) is 0 Å². The molecule has 17 heavy (non-hydrogen) atoms. The van der Waals surface area contributed by atoms with Crippen molar-refractivity contribution in [1.82, 2.24) is 4.98 Å². The minimum Gasteiger partial charge on any atom is -0.319 e. The van der Waals surface area contributed by atoms with Gasteiger partial charge >= 0.3 is 0 Å². The summed E-state index contributed by atoms with van der Waals surface area (Å²) in [6.45, 7) is 0. The molecule has 1 unspecified atom stereocenters. The van der Waals surface area contributed by atoms with E-state index in [9.17, 15) is 0 Å². The Balaban J connectivity index is 1.97. The number of nitrogens with zero attached hydrogens (tertiary/aromatic N) is 1. The van der Waals surface area contributed by atoms with Crippen LogP contribution in [0.15, 0.2) is 34.2 Å². The van der Waals surface area contributed by atoms with Gasteiger partial charge in [-0.2, -0.15) is 0 Å². The zero-order valence-electron chi connectivity index (χ0n) is 9.32. The van der Waals surface area contributed by atoms with Crippen molar-refractivity contribution in [2.24, 2.45) is 5.73 Å². The zero-order valence-corrected chi connectivity index (χ0v) is 11.7. The largest absolute Gasteiger partial charge is 0.319 e. The van der Waals surface area contributed by atoms with E-state index in [2.05, 4.69) is 39.1 Å². The Morgan fingerprint density at radius 1 is 1.35 bits per heavy atom. The predicted octanol–water partition coefficient (Wildman–Crippen LogP) is 3.25. The molecule has 1 heterocycles. The molecule has 0 fully saturated rings. The molecule has 0 spiro atoms. The molecule has 0 saturated carbocycles. The number of aryl methyl sites for hydroxylation is 1. The zero-order chi connectivity index (χ0) is 11.9. The van der Waals surface area contributed by atoms with E-state index < -0.39 is 0 Å². The summed E-state index contributed by atoms with van der Waals surface area (Å²) in [5.41, 5.74) is 9.02. The number of thiazole rings is 1. The quantitative estimate of drug-likeness (QED) is 0.878. The number of rotatable bonds is 1. The van der Waals surface area contributed by atoms with Crippen LogP contribution in [-0.2, 0) is 18.4 Å². The highest BCUT2D eigenvalue weighted by Gasteiger charge is 2.34. The van der Waals surface area contributed by atoms with Gasteiger partial charge in [0.25, 0.3) is 0 Å². The average molecular weight is 309 g/mol. The van der Waals surface area contributed by atoms with Gasteiger partial charge in [-0.15, -0.1) is 11.3 Å². The molecule has 1 aromatic heterocycles. The molecule has 1 aliphatic carbocycles. The highest BCUT2D eigenvalue weighted by molar-refractivity contribution is 9.10. The van der Waals surface area contributed by atoms with Gasteiger partial charge in [0, 0.05) is 16.0 Å². The Bertz CT molecular complexity index is 538. The van der Waals surface area contributed by atoms with Crippen LogP contribution >= 0.6 is 27.3 Å². The van der Waals surface area contributed by atoms with Gasteiger partial charge in [-0.1, -0.05) is 22.0 Å². The molecule has 0 bridgehead atoms. The van der Waals surface area contributed by atoms with Gasteiger partial charge in [-0.25, -0.2) is 4.98 Å². The number of hydrogen-bond acceptors (Lipinski definition) is 3. The molecule has 1 atom stereocenters. The van der Waals surface area contributed by atoms with Crippen LogP contribution in [0.1, 0.15) is 22.6 Å². The van der Waals surface area contributed by atoms with Crippen molar-refractivity contribution in [3.63, 3.8) is 0 Å². The highest BCUT2D eigenvalue weighted by Crippen LogP contribution is 2.36. The molecular formula is C13H13BrN2S. The predicted molar refractivity (Wildman–Crippen MR) is 74.1 cm³/mol. The first-order chi connectivity index (χ1) is 8.17. The summed E-state index contributed by atoms with van der Waals surface area (Å²) in [6, 6.07) is 6.47. The second-order valence-corrected chi connectivity index (χ2v) is 6.39. The first-order valence-electron chi connectivity index (χ1n) is 5.63. The SMILES string of the molecule is NC1(c2nccs2)CCc2cc(Br)ccc2C1. The van der Waals surface area contributed by atoms with Crippen molar-refractivity contribution >= 4 is 27.3 Å². The smallest absolute Gasteiger partial charge is 0.113 e. The number of benzene rings is 1. The third-order valence-corrected chi connectivity index (χ3v) is 4.86. The Morgan fingerprint density at radius 2 is 2.24 bits per heavy atom. The summed E-state index contributed by atoms with van der Waals surface area (Å²) in [7, 11) is 0. The van der Waals surface area contributed by atoms with Crippen molar-refractivity contribution in [3.05, 3.63) is 50.4 Å². The number of aromatic nitrogens is 1. The maximum absolute atomic E-state index is 6.51. The number of halogens is 1. The van der Waals surface area contributed by atoms with E-state index in [-0.39, 0.29) is 5.54 Å². The fourth-order valence-corrected chi connectivity index (χ4v) is 3.63.